The highest BCUT2D eigenvalue weighted by Gasteiger charge is 2.19. The molecule has 0 saturated carbocycles. The van der Waals surface area contributed by atoms with Gasteiger partial charge in [-0.25, -0.2) is 9.97 Å². The Morgan fingerprint density at radius 3 is 2.57 bits per heavy atom. The molecule has 6 nitrogen and oxygen atoms in total. The van der Waals surface area contributed by atoms with Crippen LogP contribution in [0.25, 0.3) is 32.5 Å². The number of carboxylic acid groups (broad SMARTS) is 1. The molecular formula is C22H18ClN3O3S. The smallest absolute Gasteiger partial charge is 0.307 e. The number of aromatic nitrogens is 2. The third-order valence-electron chi connectivity index (χ3n) is 4.71. The predicted octanol–water partition coefficient (Wildman–Crippen LogP) is 5.36. The van der Waals surface area contributed by atoms with Gasteiger partial charge in [0.25, 0.3) is 0 Å². The zero-order valence-electron chi connectivity index (χ0n) is 16.3. The third kappa shape index (κ3) is 3.81. The SMILES string of the molecule is CNc1ncc2c(-c3ccc(Cl)s3)cc(-c3ccc(CC(=O)O)cc3)c(OC)c2n1. The maximum Gasteiger partial charge on any atom is 0.307 e. The summed E-state index contributed by atoms with van der Waals surface area (Å²) in [5.74, 6) is 0.255. The Labute approximate surface area is 182 Å². The second kappa shape index (κ2) is 8.30. The van der Waals surface area contributed by atoms with E-state index in [4.69, 9.17) is 21.4 Å². The minimum atomic E-state index is -0.862. The molecule has 0 radical (unpaired) electrons. The number of aliphatic carboxylic acids is 1. The van der Waals surface area contributed by atoms with Crippen LogP contribution >= 0.6 is 22.9 Å². The van der Waals surface area contributed by atoms with E-state index < -0.39 is 5.97 Å². The zero-order chi connectivity index (χ0) is 21.3. The lowest BCUT2D eigenvalue weighted by Crippen LogP contribution is -2.00. The molecule has 0 amide bonds. The number of benzene rings is 2. The third-order valence-corrected chi connectivity index (χ3v) is 5.98. The fourth-order valence-corrected chi connectivity index (χ4v) is 4.42. The maximum atomic E-state index is 11.0. The van der Waals surface area contributed by atoms with Crippen molar-refractivity contribution in [2.75, 3.05) is 19.5 Å². The van der Waals surface area contributed by atoms with Crippen molar-refractivity contribution in [2.24, 2.45) is 0 Å². The van der Waals surface area contributed by atoms with Crippen molar-refractivity contribution >= 4 is 45.8 Å². The van der Waals surface area contributed by atoms with Crippen LogP contribution in [0.3, 0.4) is 0 Å². The standard InChI is InChI=1S/C22H18ClN3O3S/c1-24-22-25-11-16-15(17-7-8-18(23)30-17)10-14(21(29-2)20(16)26-22)13-5-3-12(4-6-13)9-19(27)28/h3-8,10-11H,9H2,1-2H3,(H,27,28)(H,24,25,26). The summed E-state index contributed by atoms with van der Waals surface area (Å²) in [4.78, 5) is 21.0. The first-order chi connectivity index (χ1) is 14.5. The van der Waals surface area contributed by atoms with Crippen molar-refractivity contribution in [1.82, 2.24) is 9.97 Å². The van der Waals surface area contributed by atoms with E-state index in [-0.39, 0.29) is 6.42 Å². The van der Waals surface area contributed by atoms with Crippen molar-refractivity contribution in [3.05, 3.63) is 58.6 Å². The van der Waals surface area contributed by atoms with Gasteiger partial charge in [-0.2, -0.15) is 0 Å². The Kier molecular flexibility index (Phi) is 5.57. The van der Waals surface area contributed by atoms with Crippen LogP contribution in [0.4, 0.5) is 5.95 Å². The molecule has 30 heavy (non-hydrogen) atoms. The van der Waals surface area contributed by atoms with E-state index in [2.05, 4.69) is 15.3 Å². The Morgan fingerprint density at radius 2 is 1.97 bits per heavy atom. The molecular weight excluding hydrogens is 422 g/mol. The van der Waals surface area contributed by atoms with Crippen LogP contribution in [0.5, 0.6) is 5.75 Å². The van der Waals surface area contributed by atoms with Gasteiger partial charge in [0.1, 0.15) is 5.52 Å². The van der Waals surface area contributed by atoms with E-state index in [1.54, 1.807) is 20.4 Å². The summed E-state index contributed by atoms with van der Waals surface area (Å²) in [5.41, 5.74) is 4.12. The number of thiophene rings is 1. The normalized spacial score (nSPS) is 10.9. The molecule has 0 spiro atoms. The van der Waals surface area contributed by atoms with Gasteiger partial charge in [-0.3, -0.25) is 4.79 Å². The number of carboxylic acids is 1. The number of fused-ring (bicyclic) bond motifs is 1. The molecule has 2 aromatic heterocycles. The van der Waals surface area contributed by atoms with Crippen LogP contribution in [-0.2, 0) is 11.2 Å². The number of ether oxygens (including phenoxy) is 1. The lowest BCUT2D eigenvalue weighted by molar-refractivity contribution is -0.136. The minimum Gasteiger partial charge on any atom is -0.494 e. The van der Waals surface area contributed by atoms with Gasteiger partial charge in [0, 0.05) is 34.6 Å². The Bertz CT molecular complexity index is 1240. The summed E-state index contributed by atoms with van der Waals surface area (Å²) in [6.45, 7) is 0. The lowest BCUT2D eigenvalue weighted by atomic mass is 9.96. The highest BCUT2D eigenvalue weighted by Crippen LogP contribution is 2.43. The van der Waals surface area contributed by atoms with Crippen molar-refractivity contribution in [3.63, 3.8) is 0 Å². The molecule has 0 bridgehead atoms. The van der Waals surface area contributed by atoms with Crippen LogP contribution in [0, 0.1) is 0 Å². The maximum absolute atomic E-state index is 11.0. The second-order valence-corrected chi connectivity index (χ2v) is 8.30. The number of halogens is 1. The van der Waals surface area contributed by atoms with Crippen LogP contribution in [0.15, 0.2) is 48.7 Å². The molecule has 4 rings (SSSR count). The highest BCUT2D eigenvalue weighted by molar-refractivity contribution is 7.19. The van der Waals surface area contributed by atoms with Crippen LogP contribution in [0.1, 0.15) is 5.56 Å². The van der Waals surface area contributed by atoms with E-state index >= 15 is 0 Å². The quantitative estimate of drug-likeness (QED) is 0.421. The summed E-state index contributed by atoms with van der Waals surface area (Å²) < 4.78 is 6.46. The molecule has 0 aliphatic rings. The van der Waals surface area contributed by atoms with Gasteiger partial charge in [0.05, 0.1) is 17.9 Å². The number of methoxy groups -OCH3 is 1. The molecule has 2 heterocycles. The summed E-state index contributed by atoms with van der Waals surface area (Å²) >= 11 is 7.67. The van der Waals surface area contributed by atoms with E-state index in [1.165, 1.54) is 11.3 Å². The highest BCUT2D eigenvalue weighted by atomic mass is 35.5. The lowest BCUT2D eigenvalue weighted by Gasteiger charge is -2.15. The largest absolute Gasteiger partial charge is 0.494 e. The molecule has 0 aliphatic heterocycles. The zero-order valence-corrected chi connectivity index (χ0v) is 17.8. The molecule has 8 heteroatoms. The summed E-state index contributed by atoms with van der Waals surface area (Å²) in [7, 11) is 3.37. The van der Waals surface area contributed by atoms with Crippen LogP contribution in [-0.4, -0.2) is 35.2 Å². The van der Waals surface area contributed by atoms with Crippen molar-refractivity contribution in [1.29, 1.82) is 0 Å². The van der Waals surface area contributed by atoms with Gasteiger partial charge in [0.15, 0.2) is 5.75 Å². The second-order valence-electron chi connectivity index (χ2n) is 6.58. The molecule has 2 N–H and O–H groups in total. The topological polar surface area (TPSA) is 84.3 Å². The first kappa shape index (κ1) is 20.1. The van der Waals surface area contributed by atoms with Crippen molar-refractivity contribution in [2.45, 2.75) is 6.42 Å². The number of nitrogens with zero attached hydrogens (tertiary/aromatic N) is 2. The van der Waals surface area contributed by atoms with Crippen molar-refractivity contribution < 1.29 is 14.6 Å². The number of rotatable bonds is 6. The fourth-order valence-electron chi connectivity index (χ4n) is 3.35. The molecule has 0 fully saturated rings. The Morgan fingerprint density at radius 1 is 1.20 bits per heavy atom. The monoisotopic (exact) mass is 439 g/mol. The molecule has 4 aromatic rings. The average molecular weight is 440 g/mol. The molecule has 0 unspecified atom stereocenters. The number of hydrogen-bond acceptors (Lipinski definition) is 6. The number of nitrogens with one attached hydrogen (secondary N) is 1. The van der Waals surface area contributed by atoms with Crippen LogP contribution in [0.2, 0.25) is 4.34 Å². The van der Waals surface area contributed by atoms with E-state index in [1.807, 2.05) is 42.5 Å². The molecule has 0 atom stereocenters. The molecule has 2 aromatic carbocycles. The average Bonchev–Trinajstić information content (AvgIpc) is 3.18. The van der Waals surface area contributed by atoms with E-state index in [0.29, 0.717) is 21.6 Å². The van der Waals surface area contributed by atoms with E-state index in [0.717, 1.165) is 32.5 Å². The Balaban J connectivity index is 1.97. The first-order valence-corrected chi connectivity index (χ1v) is 10.3. The summed E-state index contributed by atoms with van der Waals surface area (Å²) in [6.07, 6.45) is 1.76. The summed E-state index contributed by atoms with van der Waals surface area (Å²) in [6, 6.07) is 13.3. The van der Waals surface area contributed by atoms with Gasteiger partial charge < -0.3 is 15.2 Å². The number of hydrogen-bond donors (Lipinski definition) is 2. The van der Waals surface area contributed by atoms with E-state index in [9.17, 15) is 4.79 Å². The molecule has 152 valence electrons. The predicted molar refractivity (Wildman–Crippen MR) is 121 cm³/mol. The van der Waals surface area contributed by atoms with Gasteiger partial charge >= 0.3 is 5.97 Å². The van der Waals surface area contributed by atoms with Gasteiger partial charge in [-0.1, -0.05) is 35.9 Å². The van der Waals surface area contributed by atoms with Gasteiger partial charge in [0.2, 0.25) is 5.95 Å². The number of carbonyl (C=O) groups is 1. The van der Waals surface area contributed by atoms with Gasteiger partial charge in [-0.05, 0) is 29.3 Å². The van der Waals surface area contributed by atoms with Crippen molar-refractivity contribution in [3.8, 4) is 27.3 Å². The Hall–Kier alpha value is -3.16. The van der Waals surface area contributed by atoms with Gasteiger partial charge in [-0.15, -0.1) is 11.3 Å². The fraction of sp³-hybridized carbons (Fsp3) is 0.136. The first-order valence-electron chi connectivity index (χ1n) is 9.12. The van der Waals surface area contributed by atoms with Crippen LogP contribution < -0.4 is 10.1 Å². The minimum absolute atomic E-state index is 0.0210. The molecule has 0 aliphatic carbocycles. The molecule has 0 saturated heterocycles. The number of anilines is 1. The summed E-state index contributed by atoms with van der Waals surface area (Å²) in [5, 5.41) is 12.8.